The van der Waals surface area contributed by atoms with E-state index in [1.54, 1.807) is 0 Å². The van der Waals surface area contributed by atoms with Crippen LogP contribution in [0.5, 0.6) is 0 Å². The predicted molar refractivity (Wildman–Crippen MR) is 43.3 cm³/mol. The molecule has 1 aromatic carbocycles. The zero-order valence-corrected chi connectivity index (χ0v) is 6.44. The molecule has 0 spiro atoms. The van der Waals surface area contributed by atoms with Crippen molar-refractivity contribution in [2.45, 2.75) is 11.3 Å². The van der Waals surface area contributed by atoms with Gasteiger partial charge in [0.15, 0.2) is 0 Å². The molecule has 0 heterocycles. The number of aliphatic hydroxyl groups excluding tert-OH is 1. The first-order valence-corrected chi connectivity index (χ1v) is 3.58. The average Bonchev–Trinajstić information content (AvgIpc) is 1.94. The van der Waals surface area contributed by atoms with Gasteiger partial charge < -0.3 is 5.11 Å². The fourth-order valence-electron chi connectivity index (χ4n) is 0.775. The van der Waals surface area contributed by atoms with Gasteiger partial charge in [0.2, 0.25) is 0 Å². The first kappa shape index (κ1) is 7.63. The zero-order valence-electron chi connectivity index (χ0n) is 5.54. The predicted octanol–water partition coefficient (Wildman–Crippen LogP) is 1.31. The SMILES string of the molecule is OCCc1[c]cccc1S. The molecule has 0 saturated heterocycles. The third kappa shape index (κ3) is 1.75. The molecule has 0 aromatic heterocycles. The van der Waals surface area contributed by atoms with Crippen LogP contribution in [0.4, 0.5) is 0 Å². The highest BCUT2D eigenvalue weighted by atomic mass is 32.1. The molecule has 1 radical (unpaired) electrons. The molecular weight excluding hydrogens is 144 g/mol. The Bertz CT molecular complexity index is 210. The molecule has 10 heavy (non-hydrogen) atoms. The zero-order chi connectivity index (χ0) is 7.40. The second-order valence-corrected chi connectivity index (χ2v) is 2.49. The molecular formula is C8H9OS. The van der Waals surface area contributed by atoms with Gasteiger partial charge in [0.1, 0.15) is 0 Å². The Morgan fingerprint density at radius 3 is 3.00 bits per heavy atom. The maximum Gasteiger partial charge on any atom is 0.0472 e. The van der Waals surface area contributed by atoms with E-state index in [0.717, 1.165) is 10.5 Å². The van der Waals surface area contributed by atoms with Crippen molar-refractivity contribution in [1.29, 1.82) is 0 Å². The van der Waals surface area contributed by atoms with Crippen molar-refractivity contribution in [2.75, 3.05) is 6.61 Å². The molecule has 0 fully saturated rings. The number of rotatable bonds is 2. The van der Waals surface area contributed by atoms with E-state index >= 15 is 0 Å². The third-order valence-corrected chi connectivity index (χ3v) is 1.70. The summed E-state index contributed by atoms with van der Waals surface area (Å²) in [5, 5.41) is 8.59. The van der Waals surface area contributed by atoms with Gasteiger partial charge in [0.25, 0.3) is 0 Å². The largest absolute Gasteiger partial charge is 0.396 e. The smallest absolute Gasteiger partial charge is 0.0472 e. The van der Waals surface area contributed by atoms with E-state index in [1.165, 1.54) is 0 Å². The minimum atomic E-state index is 0.161. The second kappa shape index (κ2) is 3.64. The van der Waals surface area contributed by atoms with Crippen molar-refractivity contribution in [1.82, 2.24) is 0 Å². The summed E-state index contributed by atoms with van der Waals surface area (Å²) in [6.45, 7) is 0.161. The molecule has 0 amide bonds. The van der Waals surface area contributed by atoms with Crippen LogP contribution in [0.25, 0.3) is 0 Å². The summed E-state index contributed by atoms with van der Waals surface area (Å²) in [5.74, 6) is 0. The molecule has 0 aliphatic heterocycles. The van der Waals surface area contributed by atoms with Gasteiger partial charge in [-0.3, -0.25) is 0 Å². The topological polar surface area (TPSA) is 20.2 Å². The van der Waals surface area contributed by atoms with Crippen LogP contribution in [-0.4, -0.2) is 11.7 Å². The Hall–Kier alpha value is -0.470. The summed E-state index contributed by atoms with van der Waals surface area (Å²) < 4.78 is 0. The average molecular weight is 153 g/mol. The fraction of sp³-hybridized carbons (Fsp3) is 0.250. The molecule has 0 aliphatic rings. The van der Waals surface area contributed by atoms with Crippen molar-refractivity contribution in [3.63, 3.8) is 0 Å². The minimum Gasteiger partial charge on any atom is -0.396 e. The molecule has 0 aliphatic carbocycles. The lowest BCUT2D eigenvalue weighted by atomic mass is 10.2. The summed E-state index contributed by atoms with van der Waals surface area (Å²) in [6.07, 6.45) is 0.639. The van der Waals surface area contributed by atoms with Crippen molar-refractivity contribution in [3.05, 3.63) is 29.8 Å². The molecule has 0 saturated carbocycles. The first-order valence-electron chi connectivity index (χ1n) is 3.14. The van der Waals surface area contributed by atoms with Crippen LogP contribution in [0.2, 0.25) is 0 Å². The molecule has 2 heteroatoms. The number of hydrogen-bond acceptors (Lipinski definition) is 2. The van der Waals surface area contributed by atoms with Gasteiger partial charge in [0.05, 0.1) is 0 Å². The van der Waals surface area contributed by atoms with Crippen molar-refractivity contribution in [3.8, 4) is 0 Å². The lowest BCUT2D eigenvalue weighted by molar-refractivity contribution is 0.299. The molecule has 1 N–H and O–H groups in total. The van der Waals surface area contributed by atoms with Crippen LogP contribution in [-0.2, 0) is 6.42 Å². The summed E-state index contributed by atoms with van der Waals surface area (Å²) in [4.78, 5) is 0.900. The van der Waals surface area contributed by atoms with E-state index in [4.69, 9.17) is 5.11 Å². The van der Waals surface area contributed by atoms with Crippen LogP contribution in [0.15, 0.2) is 23.1 Å². The summed E-state index contributed by atoms with van der Waals surface area (Å²) in [5.41, 5.74) is 0.980. The normalized spacial score (nSPS) is 9.80. The fourth-order valence-corrected chi connectivity index (χ4v) is 1.04. The Morgan fingerprint density at radius 1 is 1.60 bits per heavy atom. The lowest BCUT2D eigenvalue weighted by Crippen LogP contribution is -1.91. The van der Waals surface area contributed by atoms with E-state index in [1.807, 2.05) is 18.2 Å². The molecule has 1 aromatic rings. The molecule has 1 rings (SSSR count). The Morgan fingerprint density at radius 2 is 2.40 bits per heavy atom. The van der Waals surface area contributed by atoms with E-state index in [9.17, 15) is 0 Å². The quantitative estimate of drug-likeness (QED) is 0.614. The monoisotopic (exact) mass is 153 g/mol. The van der Waals surface area contributed by atoms with E-state index in [-0.39, 0.29) is 6.61 Å². The summed E-state index contributed by atoms with van der Waals surface area (Å²) >= 11 is 4.19. The minimum absolute atomic E-state index is 0.161. The van der Waals surface area contributed by atoms with E-state index in [2.05, 4.69) is 18.7 Å². The van der Waals surface area contributed by atoms with Crippen molar-refractivity contribution in [2.24, 2.45) is 0 Å². The van der Waals surface area contributed by atoms with Crippen LogP contribution < -0.4 is 0 Å². The van der Waals surface area contributed by atoms with Crippen LogP contribution in [0.1, 0.15) is 5.56 Å². The maximum absolute atomic E-state index is 8.59. The van der Waals surface area contributed by atoms with Crippen molar-refractivity contribution >= 4 is 12.6 Å². The van der Waals surface area contributed by atoms with E-state index < -0.39 is 0 Å². The molecule has 53 valence electrons. The van der Waals surface area contributed by atoms with Gasteiger partial charge in [0, 0.05) is 11.5 Å². The van der Waals surface area contributed by atoms with Crippen LogP contribution >= 0.6 is 12.6 Å². The standard InChI is InChI=1S/C8H9OS/c9-6-5-7-3-1-2-4-8(7)10/h1-2,4,9-10H,5-6H2. The molecule has 0 bridgehead atoms. The van der Waals surface area contributed by atoms with Gasteiger partial charge in [-0.1, -0.05) is 12.1 Å². The lowest BCUT2D eigenvalue weighted by Gasteiger charge is -1.99. The highest BCUT2D eigenvalue weighted by Gasteiger charge is 1.94. The van der Waals surface area contributed by atoms with Gasteiger partial charge >= 0.3 is 0 Å². The molecule has 0 atom stereocenters. The third-order valence-electron chi connectivity index (χ3n) is 1.28. The molecule has 1 nitrogen and oxygen atoms in total. The van der Waals surface area contributed by atoms with Gasteiger partial charge in [-0.05, 0) is 24.1 Å². The Labute approximate surface area is 66.1 Å². The molecule has 0 unspecified atom stereocenters. The maximum atomic E-state index is 8.59. The van der Waals surface area contributed by atoms with E-state index in [0.29, 0.717) is 6.42 Å². The van der Waals surface area contributed by atoms with Crippen LogP contribution in [0.3, 0.4) is 0 Å². The number of aliphatic hydroxyl groups is 1. The van der Waals surface area contributed by atoms with Gasteiger partial charge in [-0.25, -0.2) is 0 Å². The second-order valence-electron chi connectivity index (χ2n) is 2.01. The highest BCUT2D eigenvalue weighted by Crippen LogP contribution is 2.11. The number of hydrogen-bond donors (Lipinski definition) is 2. The number of thiol groups is 1. The first-order chi connectivity index (χ1) is 4.84. The summed E-state index contributed by atoms with van der Waals surface area (Å²) in [6, 6.07) is 8.60. The van der Waals surface area contributed by atoms with Gasteiger partial charge in [-0.2, -0.15) is 0 Å². The highest BCUT2D eigenvalue weighted by molar-refractivity contribution is 7.80. The Kier molecular flexibility index (Phi) is 2.78. The van der Waals surface area contributed by atoms with Crippen LogP contribution in [0, 0.1) is 6.07 Å². The Balaban J connectivity index is 2.81. The van der Waals surface area contributed by atoms with Crippen molar-refractivity contribution < 1.29 is 5.11 Å². The van der Waals surface area contributed by atoms with Gasteiger partial charge in [-0.15, -0.1) is 12.6 Å². The summed E-state index contributed by atoms with van der Waals surface area (Å²) in [7, 11) is 0. The number of benzene rings is 1.